The molecule has 0 spiro atoms. The molecule has 1 atom stereocenters. The summed E-state index contributed by atoms with van der Waals surface area (Å²) in [7, 11) is -2.08. The summed E-state index contributed by atoms with van der Waals surface area (Å²) in [6.07, 6.45) is 2.13. The molecule has 0 saturated heterocycles. The fourth-order valence-corrected chi connectivity index (χ4v) is 4.10. The van der Waals surface area contributed by atoms with Gasteiger partial charge in [0, 0.05) is 16.5 Å². The van der Waals surface area contributed by atoms with Gasteiger partial charge < -0.3 is 0 Å². The Morgan fingerprint density at radius 2 is 1.33 bits per heavy atom. The minimum absolute atomic E-state index is 0.632. The summed E-state index contributed by atoms with van der Waals surface area (Å²) < 4.78 is 13.0. The van der Waals surface area contributed by atoms with Crippen LogP contribution in [0.1, 0.15) is 18.1 Å². The third-order valence-electron chi connectivity index (χ3n) is 3.63. The first-order chi connectivity index (χ1) is 10.2. The molecule has 0 saturated carbocycles. The van der Waals surface area contributed by atoms with Crippen molar-refractivity contribution in [3.63, 3.8) is 0 Å². The van der Waals surface area contributed by atoms with Gasteiger partial charge in [-0.15, -0.1) is 0 Å². The summed E-state index contributed by atoms with van der Waals surface area (Å²) in [5, 5.41) is 3.85. The molecule has 2 aromatic carbocycles. The maximum Gasteiger partial charge on any atom is 0.0173 e. The van der Waals surface area contributed by atoms with Crippen LogP contribution in [0.5, 0.6) is 0 Å². The SMILES string of the molecule is CCS1(=O)=CC(c2ccccc2)=CC(c2ccccc2)=C1. The molecule has 2 heteroatoms. The van der Waals surface area contributed by atoms with E-state index in [9.17, 15) is 4.21 Å². The molecule has 1 aliphatic rings. The lowest BCUT2D eigenvalue weighted by atomic mass is 10.0. The van der Waals surface area contributed by atoms with Crippen molar-refractivity contribution in [2.75, 3.05) is 5.75 Å². The van der Waals surface area contributed by atoms with E-state index in [2.05, 4.69) is 30.3 Å². The highest BCUT2D eigenvalue weighted by Gasteiger charge is 2.13. The molecule has 0 amide bonds. The van der Waals surface area contributed by atoms with Gasteiger partial charge in [-0.05, 0) is 37.9 Å². The highest BCUT2D eigenvalue weighted by molar-refractivity contribution is 8.04. The smallest absolute Gasteiger partial charge is 0.0173 e. The molecule has 0 N–H and O–H groups in total. The normalized spacial score (nSPS) is 21.2. The molecule has 106 valence electrons. The lowest BCUT2D eigenvalue weighted by Gasteiger charge is -2.15. The van der Waals surface area contributed by atoms with Gasteiger partial charge in [0.2, 0.25) is 0 Å². The Labute approximate surface area is 126 Å². The van der Waals surface area contributed by atoms with Crippen molar-refractivity contribution in [1.29, 1.82) is 0 Å². The largest absolute Gasteiger partial charge is 0.263 e. The fraction of sp³-hybridized carbons (Fsp3) is 0.105. The van der Waals surface area contributed by atoms with Crippen LogP contribution in [0.25, 0.3) is 11.1 Å². The van der Waals surface area contributed by atoms with E-state index in [1.54, 1.807) is 0 Å². The minimum Gasteiger partial charge on any atom is -0.263 e. The van der Waals surface area contributed by atoms with Crippen LogP contribution < -0.4 is 0 Å². The first-order valence-electron chi connectivity index (χ1n) is 7.11. The van der Waals surface area contributed by atoms with E-state index < -0.39 is 9.52 Å². The summed E-state index contributed by atoms with van der Waals surface area (Å²) in [5.41, 5.74) is 4.31. The van der Waals surface area contributed by atoms with Crippen LogP contribution in [0.15, 0.2) is 72.1 Å². The number of hydrogen-bond acceptors (Lipinski definition) is 1. The first kappa shape index (κ1) is 13.9. The second kappa shape index (κ2) is 5.74. The van der Waals surface area contributed by atoms with Gasteiger partial charge in [0.05, 0.1) is 0 Å². The maximum atomic E-state index is 13.0. The molecule has 21 heavy (non-hydrogen) atoms. The van der Waals surface area contributed by atoms with Crippen molar-refractivity contribution in [1.82, 2.24) is 0 Å². The van der Waals surface area contributed by atoms with Crippen LogP contribution in [-0.4, -0.2) is 15.3 Å². The van der Waals surface area contributed by atoms with Crippen molar-refractivity contribution in [2.24, 2.45) is 0 Å². The van der Waals surface area contributed by atoms with Gasteiger partial charge in [0.15, 0.2) is 0 Å². The van der Waals surface area contributed by atoms with E-state index >= 15 is 0 Å². The van der Waals surface area contributed by atoms with Crippen molar-refractivity contribution >= 4 is 26.0 Å². The Morgan fingerprint density at radius 1 is 0.810 bits per heavy atom. The lowest BCUT2D eigenvalue weighted by Crippen LogP contribution is -2.09. The van der Waals surface area contributed by atoms with E-state index in [0.717, 1.165) is 22.3 Å². The molecular formula is C19H18OS. The van der Waals surface area contributed by atoms with E-state index in [0.29, 0.717) is 5.75 Å². The topological polar surface area (TPSA) is 17.1 Å². The average Bonchev–Trinajstić information content (AvgIpc) is 2.56. The summed E-state index contributed by atoms with van der Waals surface area (Å²) in [6, 6.07) is 20.3. The standard InChI is InChI=1S/C19H18OS/c1-2-21(20)14-18(16-9-5-3-6-10-16)13-19(15-21)17-11-7-4-8-12-17/h3-15H,2H2,1H3. The molecule has 2 aromatic rings. The van der Waals surface area contributed by atoms with E-state index in [-0.39, 0.29) is 0 Å². The van der Waals surface area contributed by atoms with Gasteiger partial charge in [-0.2, -0.15) is 0 Å². The average molecular weight is 294 g/mol. The van der Waals surface area contributed by atoms with Crippen molar-refractivity contribution < 1.29 is 4.21 Å². The quantitative estimate of drug-likeness (QED) is 0.774. The van der Waals surface area contributed by atoms with Crippen molar-refractivity contribution in [3.05, 3.63) is 83.3 Å². The highest BCUT2D eigenvalue weighted by Crippen LogP contribution is 2.27. The van der Waals surface area contributed by atoms with Gasteiger partial charge >= 0.3 is 0 Å². The van der Waals surface area contributed by atoms with Crippen LogP contribution in [0.3, 0.4) is 0 Å². The van der Waals surface area contributed by atoms with Gasteiger partial charge in [0.25, 0.3) is 0 Å². The summed E-state index contributed by atoms with van der Waals surface area (Å²) in [6.45, 7) is 1.98. The van der Waals surface area contributed by atoms with Crippen LogP contribution in [0.4, 0.5) is 0 Å². The molecule has 0 bridgehead atoms. The molecule has 0 aromatic heterocycles. The second-order valence-electron chi connectivity index (χ2n) is 5.09. The third-order valence-corrected chi connectivity index (χ3v) is 5.84. The zero-order chi connectivity index (χ0) is 14.7. The van der Waals surface area contributed by atoms with Crippen molar-refractivity contribution in [2.45, 2.75) is 6.92 Å². The summed E-state index contributed by atoms with van der Waals surface area (Å²) in [4.78, 5) is 0. The number of benzene rings is 2. The number of allylic oxidation sites excluding steroid dienone is 3. The van der Waals surface area contributed by atoms with Crippen molar-refractivity contribution in [3.8, 4) is 0 Å². The molecule has 1 nitrogen and oxygen atoms in total. The molecule has 1 aliphatic heterocycles. The number of hydrogen-bond donors (Lipinski definition) is 0. The predicted molar refractivity (Wildman–Crippen MR) is 93.6 cm³/mol. The molecule has 0 fully saturated rings. The Hall–Kier alpha value is -2.06. The van der Waals surface area contributed by atoms with Gasteiger partial charge in [0.1, 0.15) is 0 Å². The van der Waals surface area contributed by atoms with Gasteiger partial charge in [-0.25, -0.2) is 0 Å². The van der Waals surface area contributed by atoms with Crippen LogP contribution in [-0.2, 0) is 9.52 Å². The summed E-state index contributed by atoms with van der Waals surface area (Å²) >= 11 is 0. The first-order valence-corrected chi connectivity index (χ1v) is 8.96. The zero-order valence-corrected chi connectivity index (χ0v) is 12.8. The Bertz CT molecular complexity index is 765. The van der Waals surface area contributed by atoms with E-state index in [4.69, 9.17) is 0 Å². The monoisotopic (exact) mass is 294 g/mol. The molecule has 1 heterocycles. The Kier molecular flexibility index (Phi) is 3.80. The van der Waals surface area contributed by atoms with Crippen LogP contribution in [0.2, 0.25) is 0 Å². The van der Waals surface area contributed by atoms with E-state index in [1.807, 2.05) is 54.1 Å². The van der Waals surface area contributed by atoms with Crippen LogP contribution >= 0.6 is 0 Å². The van der Waals surface area contributed by atoms with Gasteiger partial charge in [-0.1, -0.05) is 67.6 Å². The summed E-state index contributed by atoms with van der Waals surface area (Å²) in [5.74, 6) is 0.632. The molecule has 0 radical (unpaired) electrons. The Morgan fingerprint density at radius 3 is 1.86 bits per heavy atom. The molecular weight excluding hydrogens is 276 g/mol. The predicted octanol–water partition coefficient (Wildman–Crippen LogP) is 4.23. The Balaban J connectivity index is 2.16. The van der Waals surface area contributed by atoms with Crippen LogP contribution in [0, 0.1) is 0 Å². The molecule has 1 unspecified atom stereocenters. The maximum absolute atomic E-state index is 13.0. The molecule has 0 aliphatic carbocycles. The van der Waals surface area contributed by atoms with E-state index in [1.165, 1.54) is 0 Å². The molecule has 3 rings (SSSR count). The lowest BCUT2D eigenvalue weighted by molar-refractivity contribution is 0.687. The fourth-order valence-electron chi connectivity index (χ4n) is 2.43. The highest BCUT2D eigenvalue weighted by atomic mass is 32.2. The second-order valence-corrected chi connectivity index (χ2v) is 7.70. The minimum atomic E-state index is -2.08. The number of rotatable bonds is 3. The third kappa shape index (κ3) is 3.01. The van der Waals surface area contributed by atoms with Gasteiger partial charge in [-0.3, -0.25) is 4.21 Å². The zero-order valence-electron chi connectivity index (χ0n) is 12.0.